The first-order valence-electron chi connectivity index (χ1n) is 11.1. The lowest BCUT2D eigenvalue weighted by atomic mass is 10.1. The van der Waals surface area contributed by atoms with Gasteiger partial charge in [0.25, 0.3) is 0 Å². The summed E-state index contributed by atoms with van der Waals surface area (Å²) in [6, 6.07) is 13.4. The Morgan fingerprint density at radius 3 is 2.21 bits per heavy atom. The van der Waals surface area contributed by atoms with Crippen LogP contribution >= 0.6 is 0 Å². The maximum atomic E-state index is 13.3. The van der Waals surface area contributed by atoms with E-state index in [0.717, 1.165) is 27.4 Å². The van der Waals surface area contributed by atoms with Crippen molar-refractivity contribution in [3.05, 3.63) is 65.2 Å². The van der Waals surface area contributed by atoms with Gasteiger partial charge in [-0.15, -0.1) is 0 Å². The van der Waals surface area contributed by atoms with Crippen LogP contribution in [-0.2, 0) is 26.2 Å². The summed E-state index contributed by atoms with van der Waals surface area (Å²) in [5.74, 6) is -0.712. The maximum absolute atomic E-state index is 13.3. The maximum Gasteiger partial charge on any atom is 0.243 e. The molecule has 0 heterocycles. The van der Waals surface area contributed by atoms with Crippen molar-refractivity contribution in [3.63, 3.8) is 0 Å². The smallest absolute Gasteiger partial charge is 0.243 e. The van der Waals surface area contributed by atoms with E-state index in [2.05, 4.69) is 5.32 Å². The Morgan fingerprint density at radius 1 is 1.00 bits per heavy atom. The fourth-order valence-corrected chi connectivity index (χ4v) is 4.43. The minimum absolute atomic E-state index is 0.0274. The summed E-state index contributed by atoms with van der Waals surface area (Å²) in [7, 11) is -2.47. The van der Waals surface area contributed by atoms with E-state index in [-0.39, 0.29) is 29.9 Å². The second-order valence-corrected chi connectivity index (χ2v) is 10.6. The van der Waals surface area contributed by atoms with E-state index in [4.69, 9.17) is 0 Å². The summed E-state index contributed by atoms with van der Waals surface area (Å²) in [5, 5.41) is 2.91. The predicted molar refractivity (Wildman–Crippen MR) is 130 cm³/mol. The molecule has 2 aromatic rings. The van der Waals surface area contributed by atoms with Crippen molar-refractivity contribution < 1.29 is 18.0 Å². The first-order valence-corrected chi connectivity index (χ1v) is 12.6. The molecule has 2 amide bonds. The highest BCUT2D eigenvalue weighted by atomic mass is 32.2. The molecule has 8 heteroatoms. The highest BCUT2D eigenvalue weighted by Gasteiger charge is 2.30. The lowest BCUT2D eigenvalue weighted by Gasteiger charge is -2.31. The lowest BCUT2D eigenvalue weighted by Crippen LogP contribution is -2.51. The second kappa shape index (κ2) is 11.4. The topological polar surface area (TPSA) is 86.8 Å². The van der Waals surface area contributed by atoms with Crippen molar-refractivity contribution in [1.82, 2.24) is 14.5 Å². The first kappa shape index (κ1) is 26.5. The number of nitrogens with one attached hydrogen (secondary N) is 1. The highest BCUT2D eigenvalue weighted by molar-refractivity contribution is 7.89. The number of hydrogen-bond donors (Lipinski definition) is 1. The summed E-state index contributed by atoms with van der Waals surface area (Å²) in [5.41, 5.74) is 2.85. The summed E-state index contributed by atoms with van der Waals surface area (Å²) in [6.07, 6.45) is 0.766. The molecule has 1 N–H and O–H groups in total. The van der Waals surface area contributed by atoms with E-state index in [1.54, 1.807) is 19.1 Å². The van der Waals surface area contributed by atoms with Crippen LogP contribution in [0.4, 0.5) is 0 Å². The van der Waals surface area contributed by atoms with Gasteiger partial charge in [0.15, 0.2) is 0 Å². The number of benzene rings is 2. The van der Waals surface area contributed by atoms with E-state index < -0.39 is 22.0 Å². The number of nitrogens with zero attached hydrogens (tertiary/aromatic N) is 2. The van der Waals surface area contributed by atoms with Crippen LogP contribution in [0.15, 0.2) is 53.4 Å². The lowest BCUT2D eigenvalue weighted by molar-refractivity contribution is -0.140. The molecule has 0 aliphatic rings. The zero-order valence-corrected chi connectivity index (χ0v) is 21.1. The van der Waals surface area contributed by atoms with Crippen LogP contribution in [0.2, 0.25) is 0 Å². The molecule has 0 aliphatic heterocycles. The van der Waals surface area contributed by atoms with E-state index >= 15 is 0 Å². The van der Waals surface area contributed by atoms with Crippen LogP contribution in [-0.4, -0.2) is 55.1 Å². The second-order valence-electron chi connectivity index (χ2n) is 8.58. The molecule has 33 heavy (non-hydrogen) atoms. The quantitative estimate of drug-likeness (QED) is 0.574. The number of rotatable bonds is 10. The minimum Gasteiger partial charge on any atom is -0.352 e. The number of aryl methyl sites for hydroxylation is 2. The molecule has 180 valence electrons. The van der Waals surface area contributed by atoms with Crippen molar-refractivity contribution in [1.29, 1.82) is 0 Å². The zero-order valence-electron chi connectivity index (χ0n) is 20.3. The van der Waals surface area contributed by atoms with Gasteiger partial charge in [-0.2, -0.15) is 4.31 Å². The molecule has 0 saturated carbocycles. The van der Waals surface area contributed by atoms with E-state index in [1.165, 1.54) is 24.1 Å². The Balaban J connectivity index is 2.27. The number of hydrogen-bond acceptors (Lipinski definition) is 4. The third kappa shape index (κ3) is 7.14. The monoisotopic (exact) mass is 473 g/mol. The molecule has 2 rings (SSSR count). The van der Waals surface area contributed by atoms with Gasteiger partial charge in [-0.1, -0.05) is 54.4 Å². The molecule has 2 atom stereocenters. The van der Waals surface area contributed by atoms with Gasteiger partial charge in [-0.25, -0.2) is 8.42 Å². The van der Waals surface area contributed by atoms with Crippen LogP contribution in [0, 0.1) is 13.8 Å². The largest absolute Gasteiger partial charge is 0.352 e. The van der Waals surface area contributed by atoms with Crippen LogP contribution in [0.3, 0.4) is 0 Å². The van der Waals surface area contributed by atoms with Crippen LogP contribution < -0.4 is 5.32 Å². The SMILES string of the molecule is CC[C@H](C)NC(=O)[C@@H](C)N(Cc1cccc(C)c1)C(=O)CN(C)S(=O)(=O)c1ccc(C)cc1. The Hall–Kier alpha value is -2.71. The molecular weight excluding hydrogens is 438 g/mol. The molecule has 0 saturated heterocycles. The molecule has 2 aromatic carbocycles. The van der Waals surface area contributed by atoms with Crippen LogP contribution in [0.25, 0.3) is 0 Å². The molecule has 0 unspecified atom stereocenters. The Bertz CT molecular complexity index is 1070. The first-order chi connectivity index (χ1) is 15.4. The van der Waals surface area contributed by atoms with Gasteiger partial charge in [0.2, 0.25) is 21.8 Å². The molecule has 0 aliphatic carbocycles. The standard InChI is InChI=1S/C25H35N3O4S/c1-7-20(4)26-25(30)21(5)28(16-22-10-8-9-19(3)15-22)24(29)17-27(6)33(31,32)23-13-11-18(2)12-14-23/h8-15,20-21H,7,16-17H2,1-6H3,(H,26,30)/t20-,21+/m0/s1. The molecule has 0 fully saturated rings. The fourth-order valence-electron chi connectivity index (χ4n) is 3.31. The van der Waals surface area contributed by atoms with Gasteiger partial charge in [-0.3, -0.25) is 9.59 Å². The van der Waals surface area contributed by atoms with Crippen molar-refractivity contribution >= 4 is 21.8 Å². The summed E-state index contributed by atoms with van der Waals surface area (Å²) < 4.78 is 27.0. The molecule has 7 nitrogen and oxygen atoms in total. The Kier molecular flexibility index (Phi) is 9.19. The molecule has 0 radical (unpaired) electrons. The average Bonchev–Trinajstić information content (AvgIpc) is 2.77. The van der Waals surface area contributed by atoms with Crippen molar-refractivity contribution in [2.75, 3.05) is 13.6 Å². The third-order valence-corrected chi connectivity index (χ3v) is 7.51. The normalized spacial score (nSPS) is 13.4. The number of sulfonamides is 1. The molecule has 0 bridgehead atoms. The summed E-state index contributed by atoms with van der Waals surface area (Å²) >= 11 is 0. The zero-order chi connectivity index (χ0) is 24.8. The van der Waals surface area contributed by atoms with Gasteiger partial charge in [-0.05, 0) is 51.8 Å². The average molecular weight is 474 g/mol. The van der Waals surface area contributed by atoms with E-state index in [9.17, 15) is 18.0 Å². The van der Waals surface area contributed by atoms with Gasteiger partial charge < -0.3 is 10.2 Å². The molecule has 0 spiro atoms. The number of amides is 2. The van der Waals surface area contributed by atoms with Crippen molar-refractivity contribution in [3.8, 4) is 0 Å². The number of carbonyl (C=O) groups excluding carboxylic acids is 2. The van der Waals surface area contributed by atoms with Crippen molar-refractivity contribution in [2.45, 2.75) is 64.6 Å². The Morgan fingerprint density at radius 2 is 1.64 bits per heavy atom. The predicted octanol–water partition coefficient (Wildman–Crippen LogP) is 3.26. The van der Waals surface area contributed by atoms with Gasteiger partial charge in [0, 0.05) is 19.6 Å². The van der Waals surface area contributed by atoms with Crippen LogP contribution in [0.5, 0.6) is 0 Å². The minimum atomic E-state index is -3.85. The molecule has 0 aromatic heterocycles. The fraction of sp³-hybridized carbons (Fsp3) is 0.440. The highest BCUT2D eigenvalue weighted by Crippen LogP contribution is 2.17. The molecular formula is C25H35N3O4S. The number of carbonyl (C=O) groups is 2. The van der Waals surface area contributed by atoms with Crippen LogP contribution in [0.1, 0.15) is 43.9 Å². The van der Waals surface area contributed by atoms with E-state index in [1.807, 2.05) is 52.0 Å². The van der Waals surface area contributed by atoms with Gasteiger partial charge in [0.1, 0.15) is 6.04 Å². The summed E-state index contributed by atoms with van der Waals surface area (Å²) in [4.78, 5) is 27.7. The third-order valence-electron chi connectivity index (χ3n) is 5.69. The van der Waals surface area contributed by atoms with Gasteiger partial charge >= 0.3 is 0 Å². The van der Waals surface area contributed by atoms with E-state index in [0.29, 0.717) is 0 Å². The van der Waals surface area contributed by atoms with Crippen molar-refractivity contribution in [2.24, 2.45) is 0 Å². The Labute approximate surface area is 197 Å². The number of likely N-dealkylation sites (N-methyl/N-ethyl adjacent to an activating group) is 1. The summed E-state index contributed by atoms with van der Waals surface area (Å²) in [6.45, 7) is 9.20. The van der Waals surface area contributed by atoms with Gasteiger partial charge in [0.05, 0.1) is 11.4 Å².